The highest BCUT2D eigenvalue weighted by Gasteiger charge is 2.35. The molecule has 7 rings (SSSR count). The van der Waals surface area contributed by atoms with Gasteiger partial charge < -0.3 is 11.1 Å². The second kappa shape index (κ2) is 9.54. The van der Waals surface area contributed by atoms with Crippen LogP contribution in [-0.2, 0) is 11.8 Å². The van der Waals surface area contributed by atoms with E-state index in [1.165, 1.54) is 61.2 Å². The number of aryl methyl sites for hydroxylation is 1. The molecule has 1 unspecified atom stereocenters. The number of thiol groups is 1. The maximum Gasteiger partial charge on any atom is 0.116 e. The largest absolute Gasteiger partial charge is 0.365 e. The van der Waals surface area contributed by atoms with E-state index in [1.807, 2.05) is 0 Å². The Morgan fingerprint density at radius 2 is 1.73 bits per heavy atom. The van der Waals surface area contributed by atoms with E-state index in [4.69, 9.17) is 26.2 Å². The Labute approximate surface area is 250 Å². The number of anilines is 1. The van der Waals surface area contributed by atoms with Crippen LogP contribution in [0.2, 0.25) is 0 Å². The predicted molar refractivity (Wildman–Crippen MR) is 178 cm³/mol. The second-order valence-corrected chi connectivity index (χ2v) is 12.8. The third-order valence-corrected chi connectivity index (χ3v) is 10.1. The maximum atomic E-state index is 6.87. The van der Waals surface area contributed by atoms with Crippen molar-refractivity contribution in [1.82, 2.24) is 0 Å². The molecule has 4 aromatic carbocycles. The lowest BCUT2D eigenvalue weighted by atomic mass is 9.82. The molecule has 0 spiro atoms. The Morgan fingerprint density at radius 3 is 2.51 bits per heavy atom. The Kier molecular flexibility index (Phi) is 6.15. The lowest BCUT2D eigenvalue weighted by Gasteiger charge is -2.25. The molecule has 4 aromatic rings. The molecule has 0 fully saturated rings. The smallest absolute Gasteiger partial charge is 0.116 e. The van der Waals surface area contributed by atoms with E-state index in [0.29, 0.717) is 0 Å². The molecule has 0 saturated carbocycles. The Balaban J connectivity index is 1.25. The van der Waals surface area contributed by atoms with Gasteiger partial charge in [-0.25, -0.2) is 0 Å². The zero-order valence-electron chi connectivity index (χ0n) is 24.2. The SMILES string of the molecule is [B]c1c(S)c(NC(N)c2ccc3c(c2)C(C)(C)c2ccccc2-3)c(C)c2c1-c1cc(C3=CC=CCC3)c(C)cc1C2. The number of nitrogens with one attached hydrogen (secondary N) is 1. The van der Waals surface area contributed by atoms with Gasteiger partial charge in [0.05, 0.1) is 5.69 Å². The fourth-order valence-electron chi connectivity index (χ4n) is 7.30. The van der Waals surface area contributed by atoms with Gasteiger partial charge in [-0.15, -0.1) is 12.6 Å². The minimum atomic E-state index is -0.397. The molecule has 2 nitrogen and oxygen atoms in total. The van der Waals surface area contributed by atoms with Crippen molar-refractivity contribution >= 4 is 37.2 Å². The summed E-state index contributed by atoms with van der Waals surface area (Å²) in [6.45, 7) is 8.98. The summed E-state index contributed by atoms with van der Waals surface area (Å²) < 4.78 is 0. The quantitative estimate of drug-likeness (QED) is 0.120. The molecule has 0 heterocycles. The molecule has 0 aliphatic heterocycles. The minimum Gasteiger partial charge on any atom is -0.365 e. The molecular weight excluding hydrogens is 515 g/mol. The van der Waals surface area contributed by atoms with Crippen molar-refractivity contribution in [3.8, 4) is 22.3 Å². The molecule has 202 valence electrons. The molecule has 3 N–H and O–H groups in total. The molecule has 2 radical (unpaired) electrons. The normalized spacial score (nSPS) is 16.5. The van der Waals surface area contributed by atoms with Crippen LogP contribution >= 0.6 is 12.6 Å². The van der Waals surface area contributed by atoms with E-state index in [9.17, 15) is 0 Å². The number of allylic oxidation sites excluding steroid dienone is 4. The van der Waals surface area contributed by atoms with E-state index in [2.05, 4.69) is 106 Å². The fraction of sp³-hybridized carbons (Fsp3) is 0.243. The highest BCUT2D eigenvalue weighted by Crippen LogP contribution is 2.49. The van der Waals surface area contributed by atoms with Crippen LogP contribution in [0, 0.1) is 13.8 Å². The van der Waals surface area contributed by atoms with E-state index < -0.39 is 6.17 Å². The van der Waals surface area contributed by atoms with Gasteiger partial charge in [-0.3, -0.25) is 0 Å². The van der Waals surface area contributed by atoms with E-state index in [0.717, 1.165) is 46.4 Å². The number of rotatable bonds is 4. The van der Waals surface area contributed by atoms with Crippen LogP contribution in [0.5, 0.6) is 0 Å². The van der Waals surface area contributed by atoms with Gasteiger partial charge in [-0.05, 0) is 112 Å². The third kappa shape index (κ3) is 3.99. The van der Waals surface area contributed by atoms with Gasteiger partial charge in [0.1, 0.15) is 14.0 Å². The lowest BCUT2D eigenvalue weighted by Crippen LogP contribution is -2.24. The van der Waals surface area contributed by atoms with Crippen LogP contribution in [0.4, 0.5) is 5.69 Å². The molecule has 3 aliphatic carbocycles. The van der Waals surface area contributed by atoms with Gasteiger partial charge in [0.2, 0.25) is 0 Å². The van der Waals surface area contributed by atoms with Gasteiger partial charge in [0, 0.05) is 10.3 Å². The summed E-state index contributed by atoms with van der Waals surface area (Å²) in [5.74, 6) is 0. The van der Waals surface area contributed by atoms with E-state index in [-0.39, 0.29) is 5.41 Å². The van der Waals surface area contributed by atoms with Crippen molar-refractivity contribution in [2.24, 2.45) is 5.73 Å². The first-order valence-electron chi connectivity index (χ1n) is 14.6. The third-order valence-electron chi connectivity index (χ3n) is 9.60. The second-order valence-electron chi connectivity index (χ2n) is 12.4. The van der Waals surface area contributed by atoms with Crippen LogP contribution in [-0.4, -0.2) is 7.85 Å². The summed E-state index contributed by atoms with van der Waals surface area (Å²) >= 11 is 4.97. The first-order chi connectivity index (χ1) is 19.7. The number of hydrogen-bond donors (Lipinski definition) is 3. The summed E-state index contributed by atoms with van der Waals surface area (Å²) in [7, 11) is 6.87. The van der Waals surface area contributed by atoms with Crippen LogP contribution < -0.4 is 16.5 Å². The maximum absolute atomic E-state index is 6.87. The van der Waals surface area contributed by atoms with Gasteiger partial charge >= 0.3 is 0 Å². The van der Waals surface area contributed by atoms with Crippen molar-refractivity contribution < 1.29 is 0 Å². The molecule has 0 saturated heterocycles. The average molecular weight is 551 g/mol. The zero-order valence-corrected chi connectivity index (χ0v) is 25.1. The van der Waals surface area contributed by atoms with Gasteiger partial charge in [-0.1, -0.05) is 86.1 Å². The van der Waals surface area contributed by atoms with Crippen molar-refractivity contribution in [2.75, 3.05) is 5.32 Å². The van der Waals surface area contributed by atoms with Crippen LogP contribution in [0.25, 0.3) is 27.8 Å². The monoisotopic (exact) mass is 550 g/mol. The van der Waals surface area contributed by atoms with Gasteiger partial charge in [0.15, 0.2) is 0 Å². The molecule has 4 heteroatoms. The van der Waals surface area contributed by atoms with E-state index in [1.54, 1.807) is 0 Å². The summed E-state index contributed by atoms with van der Waals surface area (Å²) in [6.07, 6.45) is 9.28. The Hall–Kier alpha value is -3.47. The van der Waals surface area contributed by atoms with Gasteiger partial charge in [-0.2, -0.15) is 0 Å². The van der Waals surface area contributed by atoms with Crippen molar-refractivity contribution in [3.63, 3.8) is 0 Å². The summed E-state index contributed by atoms with van der Waals surface area (Å²) in [6, 6.07) is 20.0. The van der Waals surface area contributed by atoms with Gasteiger partial charge in [0.25, 0.3) is 0 Å². The zero-order chi connectivity index (χ0) is 28.6. The minimum absolute atomic E-state index is 0.0724. The van der Waals surface area contributed by atoms with Crippen molar-refractivity contribution in [1.29, 1.82) is 0 Å². The van der Waals surface area contributed by atoms with Crippen molar-refractivity contribution in [2.45, 2.75) is 63.4 Å². The molecule has 0 bridgehead atoms. The van der Waals surface area contributed by atoms with Crippen molar-refractivity contribution in [3.05, 3.63) is 117 Å². The molecule has 0 aromatic heterocycles. The highest BCUT2D eigenvalue weighted by molar-refractivity contribution is 7.80. The topological polar surface area (TPSA) is 38.0 Å². The predicted octanol–water partition coefficient (Wildman–Crippen LogP) is 8.07. The molecule has 1 atom stereocenters. The highest BCUT2D eigenvalue weighted by atomic mass is 32.1. The summed E-state index contributed by atoms with van der Waals surface area (Å²) in [5.41, 5.74) is 24.9. The Morgan fingerprint density at radius 1 is 0.951 bits per heavy atom. The molecule has 41 heavy (non-hydrogen) atoms. The number of fused-ring (bicyclic) bond motifs is 6. The summed E-state index contributed by atoms with van der Waals surface area (Å²) in [4.78, 5) is 0.764. The molecule has 3 aliphatic rings. The van der Waals surface area contributed by atoms with E-state index >= 15 is 0 Å². The van der Waals surface area contributed by atoms with Crippen LogP contribution in [0.1, 0.15) is 77.4 Å². The first kappa shape index (κ1) is 26.4. The number of benzene rings is 4. The fourth-order valence-corrected chi connectivity index (χ4v) is 7.65. The average Bonchev–Trinajstić information content (AvgIpc) is 3.46. The Bertz CT molecular complexity index is 1830. The number of nitrogens with two attached hydrogens (primary N) is 1. The lowest BCUT2D eigenvalue weighted by molar-refractivity contribution is 0.657. The molecule has 0 amide bonds. The standard InChI is InChI=1S/C37H35BN2S/c1-20-16-24-17-28-21(2)34(35(41)33(38)32(28)29(24)19-27(20)22-10-6-5-7-11-22)40-36(39)23-14-15-26-25-12-8-9-13-30(25)37(3,4)31(26)18-23/h5-6,8-10,12-16,18-19,36,40-41H,7,11,17,39H2,1-4H3. The molecular formula is C37H35BN2S. The summed E-state index contributed by atoms with van der Waals surface area (Å²) in [5, 5.41) is 3.61. The first-order valence-corrected chi connectivity index (χ1v) is 15.0. The van der Waals surface area contributed by atoms with Crippen LogP contribution in [0.15, 0.2) is 77.7 Å². The number of hydrogen-bond acceptors (Lipinski definition) is 3. The van der Waals surface area contributed by atoms with Crippen LogP contribution in [0.3, 0.4) is 0 Å².